The summed E-state index contributed by atoms with van der Waals surface area (Å²) < 4.78 is 38.7. The van der Waals surface area contributed by atoms with Crippen LogP contribution in [0.1, 0.15) is 21.5 Å². The van der Waals surface area contributed by atoms with E-state index in [4.69, 9.17) is 14.7 Å². The van der Waals surface area contributed by atoms with Crippen molar-refractivity contribution in [1.82, 2.24) is 4.31 Å². The van der Waals surface area contributed by atoms with E-state index < -0.39 is 28.4 Å². The van der Waals surface area contributed by atoms with Gasteiger partial charge in [0.2, 0.25) is 5.78 Å². The molecule has 0 saturated heterocycles. The predicted octanol–water partition coefficient (Wildman–Crippen LogP) is 4.52. The lowest BCUT2D eigenvalue weighted by atomic mass is 10.0. The number of nitriles is 1. The fourth-order valence-electron chi connectivity index (χ4n) is 4.20. The summed E-state index contributed by atoms with van der Waals surface area (Å²) in [7, 11) is -2.88. The highest BCUT2D eigenvalue weighted by atomic mass is 32.2. The first kappa shape index (κ1) is 24.7. The van der Waals surface area contributed by atoms with Crippen LogP contribution in [0.2, 0.25) is 0 Å². The number of esters is 1. The standard InChI is InChI=1S/C29H20N2O6S/c1-31-27(28(33)21-15-13-19(17-30)14-16-21)29(23-10-4-5-12-25(23)38(31,34)35)37-26(32)18-36-24-11-6-8-20-7-2-3-9-22(20)24/h2-16H,18H2,1H3. The molecule has 38 heavy (non-hydrogen) atoms. The van der Waals surface area contributed by atoms with Crippen molar-refractivity contribution in [3.63, 3.8) is 0 Å². The second kappa shape index (κ2) is 9.84. The second-order valence-electron chi connectivity index (χ2n) is 8.40. The van der Waals surface area contributed by atoms with E-state index in [1.54, 1.807) is 24.3 Å². The minimum absolute atomic E-state index is 0.0844. The van der Waals surface area contributed by atoms with Crippen molar-refractivity contribution in [2.24, 2.45) is 0 Å². The average molecular weight is 525 g/mol. The molecule has 1 aliphatic rings. The van der Waals surface area contributed by atoms with Crippen molar-refractivity contribution in [2.75, 3.05) is 13.7 Å². The molecule has 0 spiro atoms. The molecule has 0 aliphatic carbocycles. The second-order valence-corrected chi connectivity index (χ2v) is 10.3. The average Bonchev–Trinajstić information content (AvgIpc) is 2.95. The third kappa shape index (κ3) is 4.38. The number of sulfonamides is 1. The minimum Gasteiger partial charge on any atom is -0.481 e. The lowest BCUT2D eigenvalue weighted by molar-refractivity contribution is -0.139. The number of ether oxygens (including phenoxy) is 2. The van der Waals surface area contributed by atoms with Crippen LogP contribution in [0.3, 0.4) is 0 Å². The van der Waals surface area contributed by atoms with Gasteiger partial charge in [-0.05, 0) is 47.9 Å². The molecule has 1 heterocycles. The SMILES string of the molecule is CN1C(C(=O)c2ccc(C#N)cc2)=C(OC(=O)COc2cccc3ccccc23)c2ccccc2S1(=O)=O. The third-order valence-corrected chi connectivity index (χ3v) is 7.92. The molecular formula is C29H20N2O6S. The van der Waals surface area contributed by atoms with Crippen LogP contribution < -0.4 is 4.74 Å². The summed E-state index contributed by atoms with van der Waals surface area (Å²) in [6.45, 7) is -0.478. The number of fused-ring (bicyclic) bond motifs is 2. The van der Waals surface area contributed by atoms with Gasteiger partial charge in [0.25, 0.3) is 10.0 Å². The summed E-state index contributed by atoms with van der Waals surface area (Å²) >= 11 is 0. The lowest BCUT2D eigenvalue weighted by Gasteiger charge is -2.30. The van der Waals surface area contributed by atoms with Crippen molar-refractivity contribution in [3.05, 3.63) is 113 Å². The number of Topliss-reactive ketones (excluding diaryl/α,β-unsaturated/α-hetero) is 1. The van der Waals surface area contributed by atoms with Crippen molar-refractivity contribution < 1.29 is 27.5 Å². The largest absolute Gasteiger partial charge is 0.481 e. The monoisotopic (exact) mass is 524 g/mol. The molecule has 0 bridgehead atoms. The Kier molecular flexibility index (Phi) is 6.41. The Balaban J connectivity index is 1.53. The summed E-state index contributed by atoms with van der Waals surface area (Å²) in [6, 6.07) is 26.7. The van der Waals surface area contributed by atoms with Crippen LogP contribution >= 0.6 is 0 Å². The number of likely N-dealkylation sites (N-methyl/N-ethyl adjacent to an activating group) is 1. The molecular weight excluding hydrogens is 504 g/mol. The first-order chi connectivity index (χ1) is 18.3. The van der Waals surface area contributed by atoms with Gasteiger partial charge in [-0.15, -0.1) is 0 Å². The Morgan fingerprint density at radius 1 is 0.895 bits per heavy atom. The van der Waals surface area contributed by atoms with Crippen molar-refractivity contribution in [1.29, 1.82) is 5.26 Å². The molecule has 0 N–H and O–H groups in total. The Hall–Kier alpha value is -4.94. The maximum absolute atomic E-state index is 13.6. The van der Waals surface area contributed by atoms with Crippen molar-refractivity contribution >= 4 is 38.3 Å². The minimum atomic E-state index is -4.10. The van der Waals surface area contributed by atoms with Gasteiger partial charge in [-0.2, -0.15) is 5.26 Å². The molecule has 0 fully saturated rings. The van der Waals surface area contributed by atoms with Gasteiger partial charge in [-0.25, -0.2) is 13.2 Å². The number of rotatable bonds is 6. The number of ketones is 1. The van der Waals surface area contributed by atoms with Gasteiger partial charge < -0.3 is 9.47 Å². The third-order valence-electron chi connectivity index (χ3n) is 6.10. The van der Waals surface area contributed by atoms with Gasteiger partial charge in [0.05, 0.1) is 16.5 Å². The molecule has 0 amide bonds. The van der Waals surface area contributed by atoms with E-state index in [1.807, 2.05) is 36.4 Å². The molecule has 1 aliphatic heterocycles. The zero-order valence-electron chi connectivity index (χ0n) is 20.1. The Morgan fingerprint density at radius 2 is 1.58 bits per heavy atom. The van der Waals surface area contributed by atoms with Gasteiger partial charge in [0.1, 0.15) is 11.4 Å². The molecule has 9 heteroatoms. The van der Waals surface area contributed by atoms with Crippen LogP contribution in [-0.2, 0) is 19.6 Å². The van der Waals surface area contributed by atoms with E-state index in [-0.39, 0.29) is 27.5 Å². The summed E-state index contributed by atoms with van der Waals surface area (Å²) in [6.07, 6.45) is 0. The number of benzene rings is 4. The van der Waals surface area contributed by atoms with Crippen molar-refractivity contribution in [3.8, 4) is 11.8 Å². The number of hydrogen-bond acceptors (Lipinski definition) is 7. The van der Waals surface area contributed by atoms with Crippen LogP contribution in [0.4, 0.5) is 0 Å². The number of carbonyl (C=O) groups excluding carboxylic acids is 2. The molecule has 0 aromatic heterocycles. The number of allylic oxidation sites excluding steroid dienone is 1. The van der Waals surface area contributed by atoms with Crippen LogP contribution in [-0.4, -0.2) is 38.1 Å². The Labute approximate surface area is 219 Å². The van der Waals surface area contributed by atoms with Gasteiger partial charge in [-0.3, -0.25) is 9.10 Å². The van der Waals surface area contributed by atoms with E-state index in [9.17, 15) is 18.0 Å². The summed E-state index contributed by atoms with van der Waals surface area (Å²) in [5, 5.41) is 10.8. The molecule has 0 saturated carbocycles. The van der Waals surface area contributed by atoms with Crippen LogP contribution in [0, 0.1) is 11.3 Å². The molecule has 4 aromatic carbocycles. The first-order valence-electron chi connectivity index (χ1n) is 11.5. The van der Waals surface area contributed by atoms with Crippen LogP contribution in [0.15, 0.2) is 102 Å². The van der Waals surface area contributed by atoms with Crippen LogP contribution in [0.5, 0.6) is 5.75 Å². The van der Waals surface area contributed by atoms with Gasteiger partial charge in [0, 0.05) is 23.6 Å². The number of nitrogens with zero attached hydrogens (tertiary/aromatic N) is 2. The van der Waals surface area contributed by atoms with Gasteiger partial charge in [-0.1, -0.05) is 48.5 Å². The summed E-state index contributed by atoms with van der Waals surface area (Å²) in [5.74, 6) is -1.22. The van der Waals surface area contributed by atoms with E-state index in [2.05, 4.69) is 0 Å². The number of hydrogen-bond donors (Lipinski definition) is 0. The fraction of sp³-hybridized carbons (Fsp3) is 0.0690. The Morgan fingerprint density at radius 3 is 2.34 bits per heavy atom. The highest BCUT2D eigenvalue weighted by molar-refractivity contribution is 7.89. The predicted molar refractivity (Wildman–Crippen MR) is 139 cm³/mol. The zero-order chi connectivity index (χ0) is 26.9. The first-order valence-corrected chi connectivity index (χ1v) is 12.9. The van der Waals surface area contributed by atoms with E-state index in [0.29, 0.717) is 11.3 Å². The molecule has 5 rings (SSSR count). The van der Waals surface area contributed by atoms with Crippen molar-refractivity contribution in [2.45, 2.75) is 4.90 Å². The smallest absolute Gasteiger partial charge is 0.349 e. The maximum Gasteiger partial charge on any atom is 0.349 e. The zero-order valence-corrected chi connectivity index (χ0v) is 20.9. The number of carbonyl (C=O) groups is 2. The Bertz CT molecular complexity index is 1760. The topological polar surface area (TPSA) is 114 Å². The van der Waals surface area contributed by atoms with E-state index in [0.717, 1.165) is 15.1 Å². The van der Waals surface area contributed by atoms with E-state index in [1.165, 1.54) is 43.4 Å². The molecule has 0 radical (unpaired) electrons. The maximum atomic E-state index is 13.6. The summed E-state index contributed by atoms with van der Waals surface area (Å²) in [4.78, 5) is 26.4. The highest BCUT2D eigenvalue weighted by Crippen LogP contribution is 2.38. The van der Waals surface area contributed by atoms with Gasteiger partial charge >= 0.3 is 5.97 Å². The van der Waals surface area contributed by atoms with Gasteiger partial charge in [0.15, 0.2) is 12.4 Å². The van der Waals surface area contributed by atoms with Crippen LogP contribution in [0.25, 0.3) is 16.5 Å². The highest BCUT2D eigenvalue weighted by Gasteiger charge is 2.39. The van der Waals surface area contributed by atoms with E-state index >= 15 is 0 Å². The molecule has 8 nitrogen and oxygen atoms in total. The molecule has 4 aromatic rings. The molecule has 0 unspecified atom stereocenters. The summed E-state index contributed by atoms with van der Waals surface area (Å²) in [5.41, 5.74) is 0.219. The lowest BCUT2D eigenvalue weighted by Crippen LogP contribution is -2.36. The fourth-order valence-corrected chi connectivity index (χ4v) is 5.59. The molecule has 188 valence electrons. The quantitative estimate of drug-likeness (QED) is 0.269. The normalized spacial score (nSPS) is 13.9. The molecule has 0 atom stereocenters.